The van der Waals surface area contributed by atoms with Crippen LogP contribution >= 0.6 is 0 Å². The van der Waals surface area contributed by atoms with Crippen LogP contribution in [0.5, 0.6) is 0 Å². The lowest BCUT2D eigenvalue weighted by Crippen LogP contribution is -2.26. The lowest BCUT2D eigenvalue weighted by Gasteiger charge is -2.12. The third kappa shape index (κ3) is 1.40. The summed E-state index contributed by atoms with van der Waals surface area (Å²) in [5.74, 6) is 0. The number of para-hydroxylation sites is 1. The minimum absolute atomic E-state index is 0.269. The Morgan fingerprint density at radius 1 is 1.23 bits per heavy atom. The van der Waals surface area contributed by atoms with E-state index in [4.69, 9.17) is 0 Å². The molecule has 4 nitrogen and oxygen atoms in total. The van der Waals surface area contributed by atoms with E-state index in [1.54, 1.807) is 12.1 Å². The van der Waals surface area contributed by atoms with Crippen LogP contribution in [0.25, 0.3) is 0 Å². The molecule has 13 heavy (non-hydrogen) atoms. The molecule has 0 saturated carbocycles. The molecule has 2 rings (SSSR count). The summed E-state index contributed by atoms with van der Waals surface area (Å²) >= 11 is 0. The van der Waals surface area contributed by atoms with E-state index in [1.165, 1.54) is 0 Å². The summed E-state index contributed by atoms with van der Waals surface area (Å²) in [6.45, 7) is 0.269. The zero-order valence-electron chi connectivity index (χ0n) is 6.80. The number of hydrogen-bond donors (Lipinski definition) is 0. The Bertz CT molecular complexity index is 427. The zero-order chi connectivity index (χ0) is 9.47. The van der Waals surface area contributed by atoms with Crippen LogP contribution in [0.15, 0.2) is 24.3 Å². The van der Waals surface area contributed by atoms with E-state index < -0.39 is 10.3 Å². The van der Waals surface area contributed by atoms with Gasteiger partial charge < -0.3 is 0 Å². The van der Waals surface area contributed by atoms with Crippen molar-refractivity contribution in [3.63, 3.8) is 0 Å². The second-order valence-electron chi connectivity index (χ2n) is 2.91. The third-order valence-corrected chi connectivity index (χ3v) is 3.03. The van der Waals surface area contributed by atoms with Crippen LogP contribution in [0.3, 0.4) is 0 Å². The summed E-state index contributed by atoms with van der Waals surface area (Å²) in [5.41, 5.74) is 1.44. The van der Waals surface area contributed by atoms with E-state index >= 15 is 0 Å². The van der Waals surface area contributed by atoms with Crippen LogP contribution in [0, 0.1) is 0 Å². The third-order valence-electron chi connectivity index (χ3n) is 2.11. The predicted octanol–water partition coefficient (Wildman–Crippen LogP) is 0.724. The fraction of sp³-hybridized carbons (Fsp3) is 0.250. The Kier molecular flexibility index (Phi) is 1.78. The molecule has 0 spiro atoms. The normalized spacial score (nSPS) is 15.9. The van der Waals surface area contributed by atoms with Crippen molar-refractivity contribution in [3.05, 3.63) is 29.8 Å². The van der Waals surface area contributed by atoms with Crippen LogP contribution in [0.4, 0.5) is 5.69 Å². The van der Waals surface area contributed by atoms with Gasteiger partial charge in [-0.15, -0.1) is 0 Å². The van der Waals surface area contributed by atoms with Crippen LogP contribution in [0.1, 0.15) is 5.56 Å². The first kappa shape index (κ1) is 8.52. The van der Waals surface area contributed by atoms with Crippen LogP contribution in [-0.2, 0) is 21.3 Å². The monoisotopic (exact) mass is 198 g/mol. The molecule has 1 aliphatic rings. The largest absolute Gasteiger partial charge is 0.390 e. The quantitative estimate of drug-likeness (QED) is 0.667. The van der Waals surface area contributed by atoms with E-state index in [0.717, 1.165) is 9.87 Å². The number of fused-ring (bicyclic) bond motifs is 1. The van der Waals surface area contributed by atoms with Gasteiger partial charge in [-0.2, -0.15) is 8.42 Å². The molecule has 1 aromatic carbocycles. The Hall–Kier alpha value is -1.07. The van der Waals surface area contributed by atoms with Gasteiger partial charge in [-0.3, -0.25) is 0 Å². The van der Waals surface area contributed by atoms with Crippen LogP contribution < -0.4 is 4.31 Å². The Morgan fingerprint density at radius 3 is 2.62 bits per heavy atom. The highest BCUT2D eigenvalue weighted by Crippen LogP contribution is 2.29. The molecule has 0 atom stereocenters. The van der Waals surface area contributed by atoms with Gasteiger partial charge >= 0.3 is 10.3 Å². The molecule has 1 aliphatic heterocycles. The Labute approximate surface area is 76.7 Å². The maximum absolute atomic E-state index is 10.8. The second kappa shape index (κ2) is 2.71. The predicted molar refractivity (Wildman–Crippen MR) is 47.1 cm³/mol. The zero-order valence-corrected chi connectivity index (χ0v) is 7.62. The SMILES string of the molecule is [O]S(=O)(=O)N1CCc2ccccc21. The standard InChI is InChI=1S/C8H8NO3S/c10-13(11,12)9-6-5-7-3-1-2-4-8(7)9/h1-4H,5-6H2. The molecular formula is C8H8NO3S. The fourth-order valence-corrected chi connectivity index (χ4v) is 2.27. The number of nitrogens with zero attached hydrogens (tertiary/aromatic N) is 1. The first-order valence-electron chi connectivity index (χ1n) is 3.90. The summed E-state index contributed by atoms with van der Waals surface area (Å²) in [7, 11) is -4.33. The average Bonchev–Trinajstić information content (AvgIpc) is 2.45. The van der Waals surface area contributed by atoms with E-state index in [-0.39, 0.29) is 6.54 Å². The molecule has 0 aromatic heterocycles. The summed E-state index contributed by atoms with van der Waals surface area (Å²) in [6.07, 6.45) is 0.623. The summed E-state index contributed by atoms with van der Waals surface area (Å²) in [5, 5.41) is 0. The minimum atomic E-state index is -4.33. The number of hydrogen-bond acceptors (Lipinski definition) is 2. The fourth-order valence-electron chi connectivity index (χ4n) is 1.54. The molecule has 0 bridgehead atoms. The lowest BCUT2D eigenvalue weighted by atomic mass is 10.2. The molecule has 0 saturated heterocycles. The van der Waals surface area contributed by atoms with Gasteiger partial charge in [0.05, 0.1) is 5.69 Å². The molecule has 0 amide bonds. The highest BCUT2D eigenvalue weighted by molar-refractivity contribution is 7.87. The molecule has 1 radical (unpaired) electrons. The number of anilines is 1. The van der Waals surface area contributed by atoms with Gasteiger partial charge in [-0.05, 0) is 18.1 Å². The van der Waals surface area contributed by atoms with Crippen LogP contribution in [0.2, 0.25) is 0 Å². The first-order valence-corrected chi connectivity index (χ1v) is 5.27. The van der Waals surface area contributed by atoms with Crippen molar-refractivity contribution in [2.24, 2.45) is 0 Å². The minimum Gasteiger partial charge on any atom is -0.245 e. The molecule has 69 valence electrons. The van der Waals surface area contributed by atoms with Crippen molar-refractivity contribution in [1.29, 1.82) is 0 Å². The van der Waals surface area contributed by atoms with E-state index in [1.807, 2.05) is 12.1 Å². The summed E-state index contributed by atoms with van der Waals surface area (Å²) in [4.78, 5) is 0. The van der Waals surface area contributed by atoms with Gasteiger partial charge in [0.1, 0.15) is 0 Å². The topological polar surface area (TPSA) is 57.3 Å². The van der Waals surface area contributed by atoms with Crippen molar-refractivity contribution >= 4 is 16.0 Å². The van der Waals surface area contributed by atoms with Crippen molar-refractivity contribution in [3.8, 4) is 0 Å². The van der Waals surface area contributed by atoms with E-state index in [9.17, 15) is 13.0 Å². The highest BCUT2D eigenvalue weighted by atomic mass is 32.2. The Balaban J connectivity index is 2.51. The second-order valence-corrected chi connectivity index (χ2v) is 4.20. The highest BCUT2D eigenvalue weighted by Gasteiger charge is 2.28. The molecule has 0 fully saturated rings. The van der Waals surface area contributed by atoms with Crippen molar-refractivity contribution in [2.75, 3.05) is 10.8 Å². The first-order chi connectivity index (χ1) is 6.09. The van der Waals surface area contributed by atoms with Crippen molar-refractivity contribution in [2.45, 2.75) is 6.42 Å². The maximum Gasteiger partial charge on any atom is 0.390 e. The number of rotatable bonds is 1. The smallest absolute Gasteiger partial charge is 0.245 e. The molecule has 0 aliphatic carbocycles. The van der Waals surface area contributed by atoms with E-state index in [2.05, 4.69) is 0 Å². The van der Waals surface area contributed by atoms with Gasteiger partial charge in [0.25, 0.3) is 0 Å². The maximum atomic E-state index is 10.8. The molecule has 0 unspecified atom stereocenters. The van der Waals surface area contributed by atoms with E-state index in [0.29, 0.717) is 12.1 Å². The molecule has 5 heteroatoms. The lowest BCUT2D eigenvalue weighted by molar-refractivity contribution is 0.411. The van der Waals surface area contributed by atoms with Crippen molar-refractivity contribution in [1.82, 2.24) is 0 Å². The van der Waals surface area contributed by atoms with Crippen molar-refractivity contribution < 1.29 is 13.0 Å². The van der Waals surface area contributed by atoms with Gasteiger partial charge in [0.2, 0.25) is 0 Å². The van der Waals surface area contributed by atoms with Gasteiger partial charge in [0, 0.05) is 6.54 Å². The molecule has 1 aromatic rings. The molecular weight excluding hydrogens is 190 g/mol. The summed E-state index contributed by atoms with van der Waals surface area (Å²) < 4.78 is 33.2. The van der Waals surface area contributed by atoms with Gasteiger partial charge in [0.15, 0.2) is 0 Å². The molecule has 0 N–H and O–H groups in total. The van der Waals surface area contributed by atoms with Crippen LogP contribution in [-0.4, -0.2) is 15.0 Å². The molecule has 1 heterocycles. The van der Waals surface area contributed by atoms with Gasteiger partial charge in [-0.25, -0.2) is 4.31 Å². The Morgan fingerprint density at radius 2 is 1.92 bits per heavy atom. The summed E-state index contributed by atoms with van der Waals surface area (Å²) in [6, 6.07) is 7.04. The van der Waals surface area contributed by atoms with Gasteiger partial charge in [-0.1, -0.05) is 22.8 Å². The average molecular weight is 198 g/mol. The number of benzene rings is 1.